The van der Waals surface area contributed by atoms with Crippen LogP contribution in [0.25, 0.3) is 0 Å². The van der Waals surface area contributed by atoms with E-state index in [4.69, 9.17) is 37.0 Å². The van der Waals surface area contributed by atoms with E-state index < -0.39 is 97.5 Å². The zero-order valence-corrected chi connectivity index (χ0v) is 64.3. The number of phosphoric ester groups is 2. The average Bonchev–Trinajstić information content (AvgIpc) is 1.62. The molecule has 0 radical (unpaired) electrons. The lowest BCUT2D eigenvalue weighted by Crippen LogP contribution is -2.30. The number of rotatable bonds is 77. The first-order chi connectivity index (χ1) is 46.5. The molecule has 0 aliphatic heterocycles. The molecule has 0 aromatic heterocycles. The Morgan fingerprint density at radius 1 is 0.281 bits per heavy atom. The average molecular weight is 1410 g/mol. The molecule has 0 heterocycles. The molecule has 0 saturated heterocycles. The van der Waals surface area contributed by atoms with Crippen molar-refractivity contribution in [3.63, 3.8) is 0 Å². The molecular weight excluding hydrogens is 1260 g/mol. The highest BCUT2D eigenvalue weighted by atomic mass is 31.2. The number of ether oxygens (including phenoxy) is 4. The summed E-state index contributed by atoms with van der Waals surface area (Å²) >= 11 is 0. The maximum absolute atomic E-state index is 13.1. The van der Waals surface area contributed by atoms with E-state index >= 15 is 0 Å². The van der Waals surface area contributed by atoms with Gasteiger partial charge in [0, 0.05) is 25.7 Å². The molecule has 0 bridgehead atoms. The van der Waals surface area contributed by atoms with Crippen molar-refractivity contribution in [2.45, 2.75) is 425 Å². The maximum Gasteiger partial charge on any atom is 0.472 e. The molecule has 570 valence electrons. The zero-order valence-electron chi connectivity index (χ0n) is 62.5. The van der Waals surface area contributed by atoms with Crippen molar-refractivity contribution in [3.8, 4) is 0 Å². The summed E-state index contributed by atoms with van der Waals surface area (Å²) in [5, 5.41) is 10.6. The van der Waals surface area contributed by atoms with Crippen LogP contribution in [0.4, 0.5) is 0 Å². The monoisotopic (exact) mass is 1410 g/mol. The molecular formula is C77H150O17P2. The molecule has 0 spiro atoms. The standard InChI is InChI=1S/C77H150O17P2/c1-6-9-12-15-18-21-24-27-29-30-31-32-33-34-37-40-43-46-53-58-63-76(81)93-72(66-87-74(79)60-55-50-44-41-38-36-28-25-22-19-16-13-10-7-2)68-91-95(83,84)89-64-71(78)65-90-96(85,86)92-69-73(67-88-75(80)61-56-51-48-47-49-54-59-70(4)5)94-77(82)62-57-52-45-42-39-35-26-23-20-17-14-11-8-3/h70-73,78H,6-69H2,1-5H3,(H,83,84)(H,85,86)/t71-,72-,73-/m1/s1. The Balaban J connectivity index is 5.21. The van der Waals surface area contributed by atoms with Gasteiger partial charge in [-0.25, -0.2) is 9.13 Å². The minimum absolute atomic E-state index is 0.107. The van der Waals surface area contributed by atoms with Crippen LogP contribution in [0.3, 0.4) is 0 Å². The molecule has 17 nitrogen and oxygen atoms in total. The minimum Gasteiger partial charge on any atom is -0.462 e. The van der Waals surface area contributed by atoms with Gasteiger partial charge in [0.25, 0.3) is 0 Å². The van der Waals surface area contributed by atoms with Crippen molar-refractivity contribution in [1.82, 2.24) is 0 Å². The number of phosphoric acid groups is 2. The fourth-order valence-corrected chi connectivity index (χ4v) is 13.5. The van der Waals surface area contributed by atoms with Gasteiger partial charge in [-0.2, -0.15) is 0 Å². The van der Waals surface area contributed by atoms with Gasteiger partial charge in [0.05, 0.1) is 26.4 Å². The number of aliphatic hydroxyl groups is 1. The van der Waals surface area contributed by atoms with Crippen LogP contribution in [0.15, 0.2) is 0 Å². The summed E-state index contributed by atoms with van der Waals surface area (Å²) in [6.07, 6.45) is 59.8. The molecule has 0 aromatic carbocycles. The summed E-state index contributed by atoms with van der Waals surface area (Å²) < 4.78 is 68.5. The largest absolute Gasteiger partial charge is 0.472 e. The third-order valence-corrected chi connectivity index (χ3v) is 19.9. The normalized spacial score (nSPS) is 13.9. The van der Waals surface area contributed by atoms with Crippen LogP contribution in [0.1, 0.15) is 407 Å². The second kappa shape index (κ2) is 70.1. The van der Waals surface area contributed by atoms with Crippen molar-refractivity contribution in [2.24, 2.45) is 5.92 Å². The first-order valence-corrected chi connectivity index (χ1v) is 43.1. The molecule has 0 rings (SSSR count). The van der Waals surface area contributed by atoms with Gasteiger partial charge in [0.1, 0.15) is 19.3 Å². The van der Waals surface area contributed by atoms with Crippen LogP contribution in [0, 0.1) is 5.92 Å². The number of aliphatic hydroxyl groups excluding tert-OH is 1. The molecule has 0 fully saturated rings. The van der Waals surface area contributed by atoms with Crippen LogP contribution in [0.5, 0.6) is 0 Å². The van der Waals surface area contributed by atoms with Crippen LogP contribution in [0.2, 0.25) is 0 Å². The summed E-state index contributed by atoms with van der Waals surface area (Å²) in [5.74, 6) is -1.43. The lowest BCUT2D eigenvalue weighted by molar-refractivity contribution is -0.161. The topological polar surface area (TPSA) is 237 Å². The molecule has 0 amide bonds. The van der Waals surface area contributed by atoms with Crippen LogP contribution in [-0.2, 0) is 65.4 Å². The van der Waals surface area contributed by atoms with E-state index in [0.29, 0.717) is 31.6 Å². The number of carbonyl (C=O) groups is 4. The molecule has 2 unspecified atom stereocenters. The summed E-state index contributed by atoms with van der Waals surface area (Å²) in [7, 11) is -9.91. The Morgan fingerprint density at radius 2 is 0.479 bits per heavy atom. The molecule has 96 heavy (non-hydrogen) atoms. The smallest absolute Gasteiger partial charge is 0.462 e. The van der Waals surface area contributed by atoms with Crippen molar-refractivity contribution in [1.29, 1.82) is 0 Å². The number of esters is 4. The zero-order chi connectivity index (χ0) is 70.5. The van der Waals surface area contributed by atoms with E-state index in [2.05, 4.69) is 34.6 Å². The fraction of sp³-hybridized carbons (Fsp3) is 0.948. The molecule has 19 heteroatoms. The van der Waals surface area contributed by atoms with Gasteiger partial charge in [0.2, 0.25) is 0 Å². The summed E-state index contributed by atoms with van der Waals surface area (Å²) in [5.41, 5.74) is 0. The Morgan fingerprint density at radius 3 is 0.708 bits per heavy atom. The molecule has 3 N–H and O–H groups in total. The van der Waals surface area contributed by atoms with E-state index in [9.17, 15) is 43.2 Å². The van der Waals surface area contributed by atoms with Gasteiger partial charge in [-0.1, -0.05) is 356 Å². The fourth-order valence-electron chi connectivity index (χ4n) is 11.9. The lowest BCUT2D eigenvalue weighted by atomic mass is 10.0. The van der Waals surface area contributed by atoms with E-state index in [1.807, 2.05) is 0 Å². The van der Waals surface area contributed by atoms with Gasteiger partial charge in [-0.3, -0.25) is 37.3 Å². The van der Waals surface area contributed by atoms with Gasteiger partial charge >= 0.3 is 39.5 Å². The predicted molar refractivity (Wildman–Crippen MR) is 391 cm³/mol. The van der Waals surface area contributed by atoms with Crippen LogP contribution < -0.4 is 0 Å². The Bertz CT molecular complexity index is 1840. The van der Waals surface area contributed by atoms with E-state index in [0.717, 1.165) is 96.3 Å². The first-order valence-electron chi connectivity index (χ1n) is 40.1. The Kier molecular flexibility index (Phi) is 68.7. The SMILES string of the molecule is CCCCCCCCCCCCCCCCCCCCCCC(=O)O[C@H](COC(=O)CCCCCCCCCCCCCCCC)COP(=O)(O)OC[C@@H](O)COP(=O)(O)OC[C@@H](COC(=O)CCCCCCCCC(C)C)OC(=O)CCCCCCCCCCCCCCC. The Hall–Kier alpha value is -1.94. The predicted octanol–water partition coefficient (Wildman–Crippen LogP) is 22.9. The molecule has 0 aliphatic rings. The summed E-state index contributed by atoms with van der Waals surface area (Å²) in [6.45, 7) is 7.22. The van der Waals surface area contributed by atoms with Crippen LogP contribution >= 0.6 is 15.6 Å². The van der Waals surface area contributed by atoms with Gasteiger partial charge in [-0.15, -0.1) is 0 Å². The van der Waals surface area contributed by atoms with Gasteiger partial charge in [-0.05, 0) is 31.6 Å². The molecule has 0 saturated carbocycles. The number of hydrogen-bond donors (Lipinski definition) is 3. The highest BCUT2D eigenvalue weighted by molar-refractivity contribution is 7.47. The van der Waals surface area contributed by atoms with Crippen molar-refractivity contribution < 1.29 is 80.2 Å². The minimum atomic E-state index is -4.96. The number of unbranched alkanes of at least 4 members (excludes halogenated alkanes) is 49. The summed E-state index contributed by atoms with van der Waals surface area (Å²) in [6, 6.07) is 0. The van der Waals surface area contributed by atoms with Crippen LogP contribution in [-0.4, -0.2) is 96.7 Å². The highest BCUT2D eigenvalue weighted by Gasteiger charge is 2.30. The second-order valence-corrected chi connectivity index (χ2v) is 31.1. The molecule has 0 aliphatic carbocycles. The summed E-state index contributed by atoms with van der Waals surface area (Å²) in [4.78, 5) is 72.8. The number of carbonyl (C=O) groups excluding carboxylic acids is 4. The van der Waals surface area contributed by atoms with E-state index in [1.165, 1.54) is 225 Å². The van der Waals surface area contributed by atoms with Crippen molar-refractivity contribution >= 4 is 39.5 Å². The molecule has 0 aromatic rings. The maximum atomic E-state index is 13.1. The van der Waals surface area contributed by atoms with Crippen molar-refractivity contribution in [2.75, 3.05) is 39.6 Å². The second-order valence-electron chi connectivity index (χ2n) is 28.2. The first kappa shape index (κ1) is 94.1. The third-order valence-electron chi connectivity index (χ3n) is 18.0. The lowest BCUT2D eigenvalue weighted by Gasteiger charge is -2.21. The third kappa shape index (κ3) is 70.5. The van der Waals surface area contributed by atoms with Gasteiger partial charge in [0.15, 0.2) is 12.2 Å². The quantitative estimate of drug-likeness (QED) is 0.0222. The van der Waals surface area contributed by atoms with E-state index in [-0.39, 0.29) is 25.7 Å². The van der Waals surface area contributed by atoms with Crippen molar-refractivity contribution in [3.05, 3.63) is 0 Å². The molecule has 5 atom stereocenters. The van der Waals surface area contributed by atoms with E-state index in [1.54, 1.807) is 0 Å². The Labute approximate surface area is 588 Å². The highest BCUT2D eigenvalue weighted by Crippen LogP contribution is 2.45. The number of hydrogen-bond acceptors (Lipinski definition) is 15. The van der Waals surface area contributed by atoms with Gasteiger partial charge < -0.3 is 33.8 Å².